The van der Waals surface area contributed by atoms with Crippen molar-refractivity contribution >= 4 is 23.5 Å². The van der Waals surface area contributed by atoms with E-state index in [-0.39, 0.29) is 30.9 Å². The molecule has 0 spiro atoms. The standard InChI is InChI=1S/C11H17N3O4/c1-11(2,6-9(16)17)12-10(18)7-4-5-8(15)14(3)13-7/h4-6H2,1-3H3,(H,12,18)(H,16,17). The number of aliphatic carboxylic acids is 1. The molecule has 7 nitrogen and oxygen atoms in total. The number of nitrogens with one attached hydrogen (secondary N) is 1. The van der Waals surface area contributed by atoms with Gasteiger partial charge in [0.15, 0.2) is 0 Å². The third-order valence-corrected chi connectivity index (χ3v) is 2.51. The average molecular weight is 255 g/mol. The number of hydrogen-bond donors (Lipinski definition) is 2. The Morgan fingerprint density at radius 1 is 1.44 bits per heavy atom. The minimum Gasteiger partial charge on any atom is -0.481 e. The maximum atomic E-state index is 11.9. The molecule has 0 saturated heterocycles. The van der Waals surface area contributed by atoms with Gasteiger partial charge in [-0.1, -0.05) is 0 Å². The van der Waals surface area contributed by atoms with E-state index in [0.29, 0.717) is 0 Å². The molecule has 1 heterocycles. The predicted octanol–water partition coefficient (Wildman–Crippen LogP) is -0.0359. The average Bonchev–Trinajstić information content (AvgIpc) is 2.19. The van der Waals surface area contributed by atoms with Gasteiger partial charge in [0.1, 0.15) is 5.71 Å². The minimum atomic E-state index is -0.988. The first-order valence-electron chi connectivity index (χ1n) is 5.59. The zero-order chi connectivity index (χ0) is 13.9. The van der Waals surface area contributed by atoms with Crippen molar-refractivity contribution in [3.63, 3.8) is 0 Å². The van der Waals surface area contributed by atoms with E-state index in [1.165, 1.54) is 7.05 Å². The summed E-state index contributed by atoms with van der Waals surface area (Å²) in [5, 5.41) is 16.3. The van der Waals surface area contributed by atoms with Gasteiger partial charge in [0.2, 0.25) is 5.91 Å². The van der Waals surface area contributed by atoms with Crippen LogP contribution in [-0.2, 0) is 14.4 Å². The molecular formula is C11H17N3O4. The molecule has 100 valence electrons. The second-order valence-corrected chi connectivity index (χ2v) is 4.87. The molecule has 18 heavy (non-hydrogen) atoms. The molecule has 2 N–H and O–H groups in total. The zero-order valence-electron chi connectivity index (χ0n) is 10.7. The van der Waals surface area contributed by atoms with Crippen LogP contribution >= 0.6 is 0 Å². The number of hydrazone groups is 1. The summed E-state index contributed by atoms with van der Waals surface area (Å²) in [6.45, 7) is 3.24. The number of carboxylic acids is 1. The molecule has 1 rings (SSSR count). The number of carbonyl (C=O) groups is 3. The smallest absolute Gasteiger partial charge is 0.305 e. The lowest BCUT2D eigenvalue weighted by molar-refractivity contribution is -0.138. The summed E-state index contributed by atoms with van der Waals surface area (Å²) in [5.74, 6) is -1.56. The summed E-state index contributed by atoms with van der Waals surface area (Å²) < 4.78 is 0. The Morgan fingerprint density at radius 3 is 2.56 bits per heavy atom. The highest BCUT2D eigenvalue weighted by Crippen LogP contribution is 2.11. The Morgan fingerprint density at radius 2 is 2.06 bits per heavy atom. The Balaban J connectivity index is 2.69. The Labute approximate surface area is 105 Å². The quantitative estimate of drug-likeness (QED) is 0.736. The zero-order valence-corrected chi connectivity index (χ0v) is 10.7. The van der Waals surface area contributed by atoms with Gasteiger partial charge in [-0.2, -0.15) is 5.10 Å². The molecule has 0 aromatic heterocycles. The Bertz CT molecular complexity index is 415. The van der Waals surface area contributed by atoms with Crippen molar-refractivity contribution < 1.29 is 19.5 Å². The van der Waals surface area contributed by atoms with Crippen LogP contribution in [0.4, 0.5) is 0 Å². The normalized spacial score (nSPS) is 16.3. The highest BCUT2D eigenvalue weighted by atomic mass is 16.4. The molecule has 0 radical (unpaired) electrons. The van der Waals surface area contributed by atoms with Gasteiger partial charge in [0, 0.05) is 25.4 Å². The summed E-state index contributed by atoms with van der Waals surface area (Å²) in [4.78, 5) is 33.7. The van der Waals surface area contributed by atoms with Crippen LogP contribution in [0.5, 0.6) is 0 Å². The van der Waals surface area contributed by atoms with E-state index < -0.39 is 17.4 Å². The molecule has 1 aliphatic heterocycles. The number of carbonyl (C=O) groups excluding carboxylic acids is 2. The van der Waals surface area contributed by atoms with Crippen molar-refractivity contribution in [2.45, 2.75) is 38.6 Å². The molecule has 0 bridgehead atoms. The summed E-state index contributed by atoms with van der Waals surface area (Å²) in [7, 11) is 1.48. The molecule has 1 aliphatic rings. The highest BCUT2D eigenvalue weighted by Gasteiger charge is 2.28. The van der Waals surface area contributed by atoms with Crippen LogP contribution in [0.3, 0.4) is 0 Å². The molecule has 0 aliphatic carbocycles. The van der Waals surface area contributed by atoms with E-state index >= 15 is 0 Å². The number of amides is 2. The molecule has 0 saturated carbocycles. The lowest BCUT2D eigenvalue weighted by Gasteiger charge is -2.26. The maximum Gasteiger partial charge on any atom is 0.305 e. The number of nitrogens with zero attached hydrogens (tertiary/aromatic N) is 2. The minimum absolute atomic E-state index is 0.142. The maximum absolute atomic E-state index is 11.9. The number of hydrogen-bond acceptors (Lipinski definition) is 4. The fourth-order valence-electron chi connectivity index (χ4n) is 1.63. The van der Waals surface area contributed by atoms with Crippen LogP contribution in [0.15, 0.2) is 5.10 Å². The fraction of sp³-hybridized carbons (Fsp3) is 0.636. The van der Waals surface area contributed by atoms with Crippen molar-refractivity contribution in [3.05, 3.63) is 0 Å². The van der Waals surface area contributed by atoms with Crippen molar-refractivity contribution in [2.24, 2.45) is 5.10 Å². The van der Waals surface area contributed by atoms with E-state index in [2.05, 4.69) is 10.4 Å². The van der Waals surface area contributed by atoms with E-state index in [0.717, 1.165) is 5.01 Å². The van der Waals surface area contributed by atoms with Crippen LogP contribution in [0.25, 0.3) is 0 Å². The second-order valence-electron chi connectivity index (χ2n) is 4.87. The number of rotatable bonds is 4. The molecule has 0 aromatic rings. The van der Waals surface area contributed by atoms with Gasteiger partial charge in [-0.05, 0) is 13.8 Å². The summed E-state index contributed by atoms with van der Waals surface area (Å²) in [6, 6.07) is 0. The number of carboxylic acid groups (broad SMARTS) is 1. The molecule has 0 unspecified atom stereocenters. The molecule has 0 aromatic carbocycles. The lowest BCUT2D eigenvalue weighted by Crippen LogP contribution is -2.49. The monoisotopic (exact) mass is 255 g/mol. The third-order valence-electron chi connectivity index (χ3n) is 2.51. The van der Waals surface area contributed by atoms with Crippen LogP contribution in [0.2, 0.25) is 0 Å². The van der Waals surface area contributed by atoms with Crippen molar-refractivity contribution in [3.8, 4) is 0 Å². The highest BCUT2D eigenvalue weighted by molar-refractivity contribution is 6.39. The molecule has 0 fully saturated rings. The van der Waals surface area contributed by atoms with E-state index in [1.807, 2.05) is 0 Å². The van der Waals surface area contributed by atoms with Crippen LogP contribution < -0.4 is 5.32 Å². The van der Waals surface area contributed by atoms with Gasteiger partial charge < -0.3 is 10.4 Å². The van der Waals surface area contributed by atoms with Gasteiger partial charge >= 0.3 is 5.97 Å². The van der Waals surface area contributed by atoms with Crippen molar-refractivity contribution in [1.29, 1.82) is 0 Å². The summed E-state index contributed by atoms with van der Waals surface area (Å²) in [6.07, 6.45) is 0.334. The van der Waals surface area contributed by atoms with E-state index in [4.69, 9.17) is 5.11 Å². The van der Waals surface area contributed by atoms with Crippen LogP contribution in [0.1, 0.15) is 33.1 Å². The second kappa shape index (κ2) is 5.16. The van der Waals surface area contributed by atoms with Gasteiger partial charge in [0.25, 0.3) is 5.91 Å². The van der Waals surface area contributed by atoms with Crippen LogP contribution in [0, 0.1) is 0 Å². The van der Waals surface area contributed by atoms with Gasteiger partial charge in [0.05, 0.1) is 6.42 Å². The van der Waals surface area contributed by atoms with E-state index in [1.54, 1.807) is 13.8 Å². The molecular weight excluding hydrogens is 238 g/mol. The fourth-order valence-corrected chi connectivity index (χ4v) is 1.63. The summed E-state index contributed by atoms with van der Waals surface area (Å²) >= 11 is 0. The van der Waals surface area contributed by atoms with Crippen molar-refractivity contribution in [1.82, 2.24) is 10.3 Å². The SMILES string of the molecule is CN1N=C(C(=O)NC(C)(C)CC(=O)O)CCC1=O. The summed E-state index contributed by atoms with van der Waals surface area (Å²) in [5.41, 5.74) is -0.610. The van der Waals surface area contributed by atoms with Gasteiger partial charge in [-0.25, -0.2) is 5.01 Å². The van der Waals surface area contributed by atoms with Gasteiger partial charge in [-0.3, -0.25) is 14.4 Å². The van der Waals surface area contributed by atoms with Gasteiger partial charge in [-0.15, -0.1) is 0 Å². The predicted molar refractivity (Wildman–Crippen MR) is 63.9 cm³/mol. The Hall–Kier alpha value is -1.92. The first kappa shape index (κ1) is 14.1. The Kier molecular flexibility index (Phi) is 4.05. The first-order valence-corrected chi connectivity index (χ1v) is 5.59. The topological polar surface area (TPSA) is 99.1 Å². The molecule has 2 amide bonds. The van der Waals surface area contributed by atoms with E-state index in [9.17, 15) is 14.4 Å². The molecule has 0 atom stereocenters. The third kappa shape index (κ3) is 3.83. The first-order chi connectivity index (χ1) is 8.21. The largest absolute Gasteiger partial charge is 0.481 e. The lowest BCUT2D eigenvalue weighted by atomic mass is 10.00. The van der Waals surface area contributed by atoms with Crippen LogP contribution in [-0.4, -0.2) is 46.2 Å². The van der Waals surface area contributed by atoms with Crippen molar-refractivity contribution in [2.75, 3.05) is 7.05 Å². The molecule has 7 heteroatoms.